The predicted molar refractivity (Wildman–Crippen MR) is 80.7 cm³/mol. The van der Waals surface area contributed by atoms with Crippen LogP contribution >= 0.6 is 15.9 Å². The Bertz CT molecular complexity index is 673. The molecule has 1 aliphatic rings. The van der Waals surface area contributed by atoms with E-state index in [1.807, 2.05) is 24.3 Å². The molecule has 5 heteroatoms. The number of fused-ring (bicyclic) bond motifs is 1. The van der Waals surface area contributed by atoms with Crippen molar-refractivity contribution in [3.63, 3.8) is 0 Å². The van der Waals surface area contributed by atoms with Crippen molar-refractivity contribution in [1.29, 1.82) is 0 Å². The Morgan fingerprint density at radius 1 is 1.30 bits per heavy atom. The average molecular weight is 333 g/mol. The summed E-state index contributed by atoms with van der Waals surface area (Å²) in [4.78, 5) is 12.3. The van der Waals surface area contributed by atoms with Crippen molar-refractivity contribution < 1.29 is 9.53 Å². The number of ether oxygens (including phenoxy) is 1. The van der Waals surface area contributed by atoms with Gasteiger partial charge in [0.2, 0.25) is 0 Å². The molecule has 0 saturated heterocycles. The number of carbonyl (C=O) groups is 1. The number of hydrogen-bond acceptors (Lipinski definition) is 3. The van der Waals surface area contributed by atoms with Crippen molar-refractivity contribution in [2.75, 3.05) is 12.3 Å². The highest BCUT2D eigenvalue weighted by molar-refractivity contribution is 9.10. The minimum Gasteiger partial charge on any atom is -0.491 e. The topological polar surface area (TPSA) is 64.4 Å². The van der Waals surface area contributed by atoms with Gasteiger partial charge < -0.3 is 15.8 Å². The van der Waals surface area contributed by atoms with E-state index in [2.05, 4.69) is 21.2 Å². The van der Waals surface area contributed by atoms with Gasteiger partial charge in [-0.05, 0) is 24.3 Å². The largest absolute Gasteiger partial charge is 0.491 e. The summed E-state index contributed by atoms with van der Waals surface area (Å²) in [7, 11) is 0. The van der Waals surface area contributed by atoms with Gasteiger partial charge in [0.15, 0.2) is 0 Å². The first-order valence-electron chi connectivity index (χ1n) is 6.23. The van der Waals surface area contributed by atoms with E-state index in [0.29, 0.717) is 17.9 Å². The van der Waals surface area contributed by atoms with Crippen LogP contribution in [0.1, 0.15) is 22.0 Å². The zero-order valence-corrected chi connectivity index (χ0v) is 12.2. The van der Waals surface area contributed by atoms with Gasteiger partial charge in [-0.15, -0.1) is 0 Å². The molecule has 0 bridgehead atoms. The molecule has 3 N–H and O–H groups in total. The molecule has 20 heavy (non-hydrogen) atoms. The van der Waals surface area contributed by atoms with Crippen LogP contribution < -0.4 is 15.8 Å². The second kappa shape index (κ2) is 5.17. The third-order valence-corrected chi connectivity index (χ3v) is 3.76. The van der Waals surface area contributed by atoms with Crippen LogP contribution in [0.15, 0.2) is 46.9 Å². The van der Waals surface area contributed by atoms with Crippen molar-refractivity contribution in [2.24, 2.45) is 0 Å². The van der Waals surface area contributed by atoms with Crippen molar-refractivity contribution in [2.45, 2.75) is 6.04 Å². The SMILES string of the molecule is Nc1cc(Br)ccc1C(=O)NC1COc2ccccc21. The summed E-state index contributed by atoms with van der Waals surface area (Å²) >= 11 is 3.32. The maximum Gasteiger partial charge on any atom is 0.253 e. The Balaban J connectivity index is 1.81. The molecule has 102 valence electrons. The number of halogens is 1. The lowest BCUT2D eigenvalue weighted by molar-refractivity contribution is 0.0931. The molecular weight excluding hydrogens is 320 g/mol. The number of rotatable bonds is 2. The lowest BCUT2D eigenvalue weighted by atomic mass is 10.1. The van der Waals surface area contributed by atoms with Gasteiger partial charge >= 0.3 is 0 Å². The summed E-state index contributed by atoms with van der Waals surface area (Å²) in [5.74, 6) is 0.627. The molecule has 2 aromatic rings. The molecule has 0 fully saturated rings. The minimum absolute atomic E-state index is 0.137. The second-order valence-corrected chi connectivity index (χ2v) is 5.52. The summed E-state index contributed by atoms with van der Waals surface area (Å²) in [6, 6.07) is 12.8. The van der Waals surface area contributed by atoms with E-state index >= 15 is 0 Å². The zero-order valence-electron chi connectivity index (χ0n) is 10.6. The minimum atomic E-state index is -0.194. The lowest BCUT2D eigenvalue weighted by Gasteiger charge is -2.13. The summed E-state index contributed by atoms with van der Waals surface area (Å²) in [5, 5.41) is 2.95. The predicted octanol–water partition coefficient (Wildman–Crippen LogP) is 2.89. The van der Waals surface area contributed by atoms with Crippen molar-refractivity contribution in [3.05, 3.63) is 58.1 Å². The number of nitrogens with one attached hydrogen (secondary N) is 1. The van der Waals surface area contributed by atoms with Crippen LogP contribution in [0.4, 0.5) is 5.69 Å². The molecule has 4 nitrogen and oxygen atoms in total. The van der Waals surface area contributed by atoms with Crippen LogP contribution in [-0.4, -0.2) is 12.5 Å². The Hall–Kier alpha value is -2.01. The van der Waals surface area contributed by atoms with Gasteiger partial charge in [-0.2, -0.15) is 0 Å². The van der Waals surface area contributed by atoms with Crippen LogP contribution in [-0.2, 0) is 0 Å². The molecular formula is C15H13BrN2O2. The molecule has 2 aromatic carbocycles. The van der Waals surface area contributed by atoms with E-state index in [1.54, 1.807) is 18.2 Å². The van der Waals surface area contributed by atoms with Crippen LogP contribution in [0.3, 0.4) is 0 Å². The summed E-state index contributed by atoms with van der Waals surface area (Å²) < 4.78 is 6.39. The fourth-order valence-electron chi connectivity index (χ4n) is 2.26. The smallest absolute Gasteiger partial charge is 0.253 e. The highest BCUT2D eigenvalue weighted by atomic mass is 79.9. The summed E-state index contributed by atoms with van der Waals surface area (Å²) in [5.41, 5.74) is 7.78. The second-order valence-electron chi connectivity index (χ2n) is 4.61. The van der Waals surface area contributed by atoms with E-state index in [-0.39, 0.29) is 11.9 Å². The summed E-state index contributed by atoms with van der Waals surface area (Å²) in [6.07, 6.45) is 0. The van der Waals surface area contributed by atoms with Gasteiger partial charge in [0, 0.05) is 15.7 Å². The van der Waals surface area contributed by atoms with Gasteiger partial charge in [-0.25, -0.2) is 0 Å². The lowest BCUT2D eigenvalue weighted by Crippen LogP contribution is -2.30. The number of para-hydroxylation sites is 1. The number of nitrogen functional groups attached to an aromatic ring is 1. The number of carbonyl (C=O) groups excluding carboxylic acids is 1. The van der Waals surface area contributed by atoms with Crippen molar-refractivity contribution >= 4 is 27.5 Å². The maximum absolute atomic E-state index is 12.3. The number of hydrogen-bond donors (Lipinski definition) is 2. The van der Waals surface area contributed by atoms with E-state index < -0.39 is 0 Å². The van der Waals surface area contributed by atoms with E-state index in [0.717, 1.165) is 15.8 Å². The van der Waals surface area contributed by atoms with Crippen LogP contribution in [0, 0.1) is 0 Å². The molecule has 0 saturated carbocycles. The van der Waals surface area contributed by atoms with E-state index in [9.17, 15) is 4.79 Å². The highest BCUT2D eigenvalue weighted by Crippen LogP contribution is 2.32. The van der Waals surface area contributed by atoms with Crippen molar-refractivity contribution in [3.8, 4) is 5.75 Å². The molecule has 0 spiro atoms. The fraction of sp³-hybridized carbons (Fsp3) is 0.133. The first-order valence-corrected chi connectivity index (χ1v) is 7.02. The van der Waals surface area contributed by atoms with Crippen LogP contribution in [0.2, 0.25) is 0 Å². The Morgan fingerprint density at radius 3 is 2.90 bits per heavy atom. The third kappa shape index (κ3) is 2.36. The van der Waals surface area contributed by atoms with Gasteiger partial charge in [0.05, 0.1) is 11.6 Å². The number of benzene rings is 2. The number of nitrogens with two attached hydrogens (primary N) is 1. The standard InChI is InChI=1S/C15H13BrN2O2/c16-9-5-6-10(12(17)7-9)15(19)18-13-8-20-14-4-2-1-3-11(13)14/h1-7,13H,8,17H2,(H,18,19). The van der Waals surface area contributed by atoms with Crippen LogP contribution in [0.25, 0.3) is 0 Å². The monoisotopic (exact) mass is 332 g/mol. The van der Waals surface area contributed by atoms with Gasteiger partial charge in [0.25, 0.3) is 5.91 Å². The Labute approximate surface area is 125 Å². The van der Waals surface area contributed by atoms with Crippen molar-refractivity contribution in [1.82, 2.24) is 5.32 Å². The Kier molecular flexibility index (Phi) is 3.36. The molecule has 3 rings (SSSR count). The first-order chi connectivity index (χ1) is 9.65. The Morgan fingerprint density at radius 2 is 2.10 bits per heavy atom. The van der Waals surface area contributed by atoms with Crippen LogP contribution in [0.5, 0.6) is 5.75 Å². The fourth-order valence-corrected chi connectivity index (χ4v) is 2.64. The van der Waals surface area contributed by atoms with Gasteiger partial charge in [-0.3, -0.25) is 4.79 Å². The van der Waals surface area contributed by atoms with Gasteiger partial charge in [-0.1, -0.05) is 34.1 Å². The quantitative estimate of drug-likeness (QED) is 0.831. The first kappa shape index (κ1) is 13.0. The molecule has 0 aliphatic carbocycles. The molecule has 1 atom stereocenters. The van der Waals surface area contributed by atoms with E-state index in [1.165, 1.54) is 0 Å². The highest BCUT2D eigenvalue weighted by Gasteiger charge is 2.25. The molecule has 1 aliphatic heterocycles. The van der Waals surface area contributed by atoms with E-state index in [4.69, 9.17) is 10.5 Å². The maximum atomic E-state index is 12.3. The third-order valence-electron chi connectivity index (χ3n) is 3.26. The molecule has 1 heterocycles. The molecule has 0 aromatic heterocycles. The number of anilines is 1. The normalized spacial score (nSPS) is 16.4. The average Bonchev–Trinajstić information content (AvgIpc) is 2.82. The molecule has 1 unspecified atom stereocenters. The number of amides is 1. The molecule has 0 radical (unpaired) electrons. The summed E-state index contributed by atoms with van der Waals surface area (Å²) in [6.45, 7) is 0.446. The molecule has 1 amide bonds. The zero-order chi connectivity index (χ0) is 14.1. The van der Waals surface area contributed by atoms with Gasteiger partial charge in [0.1, 0.15) is 12.4 Å².